The summed E-state index contributed by atoms with van der Waals surface area (Å²) < 4.78 is 288. The first kappa shape index (κ1) is 32.6. The van der Waals surface area contributed by atoms with Crippen LogP contribution in [0.1, 0.15) is 0 Å². The predicted molar refractivity (Wildman–Crippen MR) is 61.3 cm³/mol. The smallest absolute Gasteiger partial charge is 0.301 e. The largest absolute Gasteiger partial charge is 0.460 e. The van der Waals surface area contributed by atoms with Gasteiger partial charge in [-0.05, 0) is 0 Å². The molecule has 1 atom stereocenters. The van der Waals surface area contributed by atoms with Gasteiger partial charge in [0.25, 0.3) is 0 Å². The topological polar surface area (TPSA) is 37.3 Å². The lowest BCUT2D eigenvalue weighted by atomic mass is 9.87. The molecular formula is C10HF21O2S. The molecule has 206 valence electrons. The molecule has 0 aliphatic carbocycles. The number of hydrogen-bond donors (Lipinski definition) is 1. The molecule has 1 N–H and O–H groups in total. The van der Waals surface area contributed by atoms with E-state index in [-0.39, 0.29) is 0 Å². The van der Waals surface area contributed by atoms with Gasteiger partial charge in [-0.1, -0.05) is 0 Å². The molecule has 0 rings (SSSR count). The van der Waals surface area contributed by atoms with Gasteiger partial charge in [0, 0.05) is 0 Å². The van der Waals surface area contributed by atoms with Crippen LogP contribution in [-0.4, -0.2) is 67.6 Å². The molecule has 1 unspecified atom stereocenters. The van der Waals surface area contributed by atoms with Crippen LogP contribution in [0, 0.1) is 0 Å². The van der Waals surface area contributed by atoms with E-state index >= 15 is 0 Å². The van der Waals surface area contributed by atoms with Crippen molar-refractivity contribution in [2.45, 2.75) is 58.8 Å². The molecule has 0 aliphatic rings. The minimum atomic E-state index is -9.27. The molecule has 0 radical (unpaired) electrons. The Balaban J connectivity index is 7.11. The highest BCUT2D eigenvalue weighted by Gasteiger charge is 2.98. The van der Waals surface area contributed by atoms with Gasteiger partial charge in [0.1, 0.15) is 0 Å². The third kappa shape index (κ3) is 3.67. The summed E-state index contributed by atoms with van der Waals surface area (Å²) in [5.74, 6) is -71.5. The molecule has 0 aromatic rings. The van der Waals surface area contributed by atoms with E-state index in [4.69, 9.17) is 4.55 Å². The summed E-state index contributed by atoms with van der Waals surface area (Å²) in [6.45, 7) is 0. The fraction of sp³-hybridized carbons (Fsp3) is 1.00. The van der Waals surface area contributed by atoms with Crippen LogP contribution >= 0.6 is 0 Å². The van der Waals surface area contributed by atoms with Crippen LogP contribution in [0.5, 0.6) is 0 Å². The van der Waals surface area contributed by atoms with E-state index in [0.29, 0.717) is 0 Å². The highest BCUT2D eigenvalue weighted by molar-refractivity contribution is 7.80. The monoisotopic (exact) mass is 584 g/mol. The predicted octanol–water partition coefficient (Wildman–Crippen LogP) is 6.45. The minimum absolute atomic E-state index is 5.75. The Labute approximate surface area is 172 Å². The zero-order chi connectivity index (χ0) is 28.6. The molecule has 34 heavy (non-hydrogen) atoms. The molecule has 0 heterocycles. The third-order valence-electron chi connectivity index (χ3n) is 3.70. The standard InChI is InChI=1S/C10HF21O2S/c11-1(12,3(15,16)5(19,20)7(23,24)9(27,28)29)2(13,14)4(17,18)6(21,22)8(25,26)10(30,31)34(32)33/h(H,32,33). The van der Waals surface area contributed by atoms with Gasteiger partial charge in [0.2, 0.25) is 11.1 Å². The lowest BCUT2D eigenvalue weighted by Gasteiger charge is -2.44. The zero-order valence-corrected chi connectivity index (χ0v) is 15.0. The molecule has 0 aromatic carbocycles. The minimum Gasteiger partial charge on any atom is -0.301 e. The number of alkyl halides is 21. The van der Waals surface area contributed by atoms with Crippen LogP contribution in [0.3, 0.4) is 0 Å². The molecule has 2 nitrogen and oxygen atoms in total. The van der Waals surface area contributed by atoms with Gasteiger partial charge in [-0.15, -0.1) is 0 Å². The van der Waals surface area contributed by atoms with Crippen LogP contribution in [0.25, 0.3) is 0 Å². The first-order valence-corrected chi connectivity index (χ1v) is 7.88. The summed E-state index contributed by atoms with van der Waals surface area (Å²) in [5, 5.41) is -7.50. The Morgan fingerprint density at radius 1 is 0.353 bits per heavy atom. The van der Waals surface area contributed by atoms with Crippen LogP contribution in [0.2, 0.25) is 0 Å². The van der Waals surface area contributed by atoms with Gasteiger partial charge in [-0.25, -0.2) is 4.21 Å². The molecule has 0 spiro atoms. The van der Waals surface area contributed by atoms with Crippen molar-refractivity contribution in [2.75, 3.05) is 0 Å². The molecular weight excluding hydrogens is 583 g/mol. The molecule has 0 amide bonds. The third-order valence-corrected chi connectivity index (χ3v) is 4.40. The van der Waals surface area contributed by atoms with Gasteiger partial charge in [0.15, 0.2) is 0 Å². The number of hydrogen-bond acceptors (Lipinski definition) is 1. The summed E-state index contributed by atoms with van der Waals surface area (Å²) >= 11 is -5.75. The lowest BCUT2D eigenvalue weighted by Crippen LogP contribution is -2.77. The Morgan fingerprint density at radius 3 is 0.706 bits per heavy atom. The van der Waals surface area contributed by atoms with Gasteiger partial charge in [0.05, 0.1) is 0 Å². The fourth-order valence-corrected chi connectivity index (χ4v) is 2.00. The second-order valence-corrected chi connectivity index (χ2v) is 6.87. The molecule has 0 fully saturated rings. The van der Waals surface area contributed by atoms with Crippen molar-refractivity contribution in [1.29, 1.82) is 0 Å². The summed E-state index contributed by atoms with van der Waals surface area (Å²) in [6, 6.07) is 0. The van der Waals surface area contributed by atoms with E-state index < -0.39 is 69.9 Å². The van der Waals surface area contributed by atoms with E-state index in [1.807, 2.05) is 0 Å². The van der Waals surface area contributed by atoms with Crippen LogP contribution in [0.15, 0.2) is 0 Å². The average Bonchev–Trinajstić information content (AvgIpc) is 2.58. The summed E-state index contributed by atoms with van der Waals surface area (Å²) in [5.41, 5.74) is 0. The first-order valence-electron chi connectivity index (χ1n) is 6.77. The Kier molecular flexibility index (Phi) is 7.51. The van der Waals surface area contributed by atoms with Crippen molar-refractivity contribution < 1.29 is 101 Å². The zero-order valence-electron chi connectivity index (χ0n) is 14.2. The fourth-order valence-electron chi connectivity index (χ4n) is 1.65. The van der Waals surface area contributed by atoms with Gasteiger partial charge in [-0.2, -0.15) is 92.2 Å². The highest BCUT2D eigenvalue weighted by atomic mass is 32.2. The summed E-state index contributed by atoms with van der Waals surface area (Å²) in [4.78, 5) is 0. The maximum Gasteiger partial charge on any atom is 0.460 e. The van der Waals surface area contributed by atoms with Crippen molar-refractivity contribution in [2.24, 2.45) is 0 Å². The van der Waals surface area contributed by atoms with E-state index in [2.05, 4.69) is 0 Å². The van der Waals surface area contributed by atoms with Crippen LogP contribution < -0.4 is 0 Å². The average molecular weight is 584 g/mol. The van der Waals surface area contributed by atoms with Gasteiger partial charge >= 0.3 is 58.8 Å². The van der Waals surface area contributed by atoms with Gasteiger partial charge in [-0.3, -0.25) is 0 Å². The second kappa shape index (κ2) is 7.82. The Bertz CT molecular complexity index is 794. The van der Waals surface area contributed by atoms with E-state index in [0.717, 1.165) is 0 Å². The SMILES string of the molecule is O=S(O)C(F)(F)C(F)(F)C(F)(F)C(F)(F)C(F)(F)C(F)(F)C(F)(F)C(F)(F)C(F)(F)C(F)(F)F. The molecule has 0 saturated carbocycles. The van der Waals surface area contributed by atoms with Crippen molar-refractivity contribution in [3.05, 3.63) is 0 Å². The first-order chi connectivity index (χ1) is 14.2. The summed E-state index contributed by atoms with van der Waals surface area (Å²) in [6.07, 6.45) is -8.04. The van der Waals surface area contributed by atoms with E-state index in [1.165, 1.54) is 0 Å². The maximum atomic E-state index is 13.3. The van der Waals surface area contributed by atoms with Crippen LogP contribution in [-0.2, 0) is 11.1 Å². The Hall–Kier alpha value is -1.36. The van der Waals surface area contributed by atoms with E-state index in [1.54, 1.807) is 0 Å². The summed E-state index contributed by atoms with van der Waals surface area (Å²) in [7, 11) is 0. The number of rotatable bonds is 9. The quantitative estimate of drug-likeness (QED) is 0.250. The number of halogens is 21. The Morgan fingerprint density at radius 2 is 0.529 bits per heavy atom. The second-order valence-electron chi connectivity index (χ2n) is 5.86. The molecule has 0 aromatic heterocycles. The molecule has 24 heteroatoms. The van der Waals surface area contributed by atoms with Crippen molar-refractivity contribution in [1.82, 2.24) is 0 Å². The normalized spacial score (nSPS) is 17.7. The van der Waals surface area contributed by atoms with Crippen molar-refractivity contribution in [3.8, 4) is 0 Å². The van der Waals surface area contributed by atoms with Gasteiger partial charge < -0.3 is 4.55 Å². The molecule has 0 aliphatic heterocycles. The van der Waals surface area contributed by atoms with E-state index in [9.17, 15) is 96.4 Å². The van der Waals surface area contributed by atoms with Crippen LogP contribution in [0.4, 0.5) is 92.2 Å². The van der Waals surface area contributed by atoms with Crippen molar-refractivity contribution >= 4 is 11.1 Å². The highest BCUT2D eigenvalue weighted by Crippen LogP contribution is 2.66. The molecule has 0 bridgehead atoms. The maximum absolute atomic E-state index is 13.3. The van der Waals surface area contributed by atoms with Crippen molar-refractivity contribution in [3.63, 3.8) is 0 Å². The lowest BCUT2D eigenvalue weighted by molar-refractivity contribution is -0.472. The molecule has 0 saturated heterocycles.